The van der Waals surface area contributed by atoms with Gasteiger partial charge in [-0.2, -0.15) is 0 Å². The van der Waals surface area contributed by atoms with Crippen molar-refractivity contribution in [2.75, 3.05) is 18.5 Å². The first-order valence-electron chi connectivity index (χ1n) is 8.03. The lowest BCUT2D eigenvalue weighted by molar-refractivity contribution is 0.120. The van der Waals surface area contributed by atoms with Gasteiger partial charge < -0.3 is 15.0 Å². The van der Waals surface area contributed by atoms with E-state index in [-0.39, 0.29) is 0 Å². The van der Waals surface area contributed by atoms with Crippen molar-refractivity contribution < 1.29 is 4.74 Å². The number of benzene rings is 1. The molecule has 0 spiro atoms. The Morgan fingerprint density at radius 1 is 1.42 bits per heavy atom. The van der Waals surface area contributed by atoms with Crippen LogP contribution in [0.5, 0.6) is 0 Å². The summed E-state index contributed by atoms with van der Waals surface area (Å²) in [6, 6.07) is 6.33. The highest BCUT2D eigenvalue weighted by atomic mass is 32.2. The lowest BCUT2D eigenvalue weighted by Gasteiger charge is -2.08. The van der Waals surface area contributed by atoms with Crippen molar-refractivity contribution in [3.8, 4) is 0 Å². The van der Waals surface area contributed by atoms with Crippen LogP contribution in [-0.2, 0) is 10.5 Å². The van der Waals surface area contributed by atoms with E-state index in [0.717, 1.165) is 58.1 Å². The van der Waals surface area contributed by atoms with Crippen LogP contribution in [0.1, 0.15) is 24.2 Å². The summed E-state index contributed by atoms with van der Waals surface area (Å²) < 4.78 is 6.58. The van der Waals surface area contributed by atoms with Crippen LogP contribution in [0.4, 0.5) is 5.13 Å². The van der Waals surface area contributed by atoms with E-state index in [1.807, 2.05) is 6.92 Å². The van der Waals surface area contributed by atoms with Crippen LogP contribution in [0.25, 0.3) is 11.0 Å². The van der Waals surface area contributed by atoms with Crippen LogP contribution in [0.15, 0.2) is 22.5 Å². The van der Waals surface area contributed by atoms with E-state index in [1.54, 1.807) is 23.1 Å². The molecule has 8 heteroatoms. The van der Waals surface area contributed by atoms with Crippen LogP contribution < -0.4 is 5.32 Å². The summed E-state index contributed by atoms with van der Waals surface area (Å²) in [5, 5.41) is 12.7. The molecule has 1 fully saturated rings. The SMILES string of the molecule is Cc1nc2ccc(CSc3nnc(NC[C@H]4CCCO4)s3)cc2[nH]1. The number of nitrogens with zero attached hydrogens (tertiary/aromatic N) is 3. The van der Waals surface area contributed by atoms with Crippen LogP contribution in [0.3, 0.4) is 0 Å². The van der Waals surface area contributed by atoms with Crippen molar-refractivity contribution in [1.82, 2.24) is 20.2 Å². The quantitative estimate of drug-likeness (QED) is 0.653. The molecule has 24 heavy (non-hydrogen) atoms. The summed E-state index contributed by atoms with van der Waals surface area (Å²) in [6.45, 7) is 3.67. The number of H-pyrrole nitrogens is 1. The smallest absolute Gasteiger partial charge is 0.206 e. The predicted octanol–water partition coefficient (Wildman–Crippen LogP) is 3.61. The average Bonchev–Trinajstić information content (AvgIpc) is 3.30. The van der Waals surface area contributed by atoms with Gasteiger partial charge in [0.05, 0.1) is 17.1 Å². The number of nitrogens with one attached hydrogen (secondary N) is 2. The van der Waals surface area contributed by atoms with Gasteiger partial charge >= 0.3 is 0 Å². The van der Waals surface area contributed by atoms with Gasteiger partial charge in [-0.25, -0.2) is 4.98 Å². The molecule has 0 saturated carbocycles. The summed E-state index contributed by atoms with van der Waals surface area (Å²) >= 11 is 3.30. The molecule has 3 aromatic rings. The first kappa shape index (κ1) is 15.9. The summed E-state index contributed by atoms with van der Waals surface area (Å²) in [7, 11) is 0. The maximum atomic E-state index is 5.60. The third kappa shape index (κ3) is 3.71. The minimum atomic E-state index is 0.314. The zero-order valence-corrected chi connectivity index (χ0v) is 15.0. The van der Waals surface area contributed by atoms with Crippen molar-refractivity contribution in [2.24, 2.45) is 0 Å². The van der Waals surface area contributed by atoms with Gasteiger partial charge in [-0.05, 0) is 37.5 Å². The molecule has 0 aliphatic carbocycles. The van der Waals surface area contributed by atoms with Gasteiger partial charge in [-0.1, -0.05) is 29.2 Å². The Bertz CT molecular complexity index is 825. The van der Waals surface area contributed by atoms with Gasteiger partial charge in [0.2, 0.25) is 5.13 Å². The molecule has 6 nitrogen and oxygen atoms in total. The van der Waals surface area contributed by atoms with E-state index < -0.39 is 0 Å². The fourth-order valence-corrected chi connectivity index (χ4v) is 4.47. The number of hydrogen-bond donors (Lipinski definition) is 2. The van der Waals surface area contributed by atoms with E-state index in [2.05, 4.69) is 43.7 Å². The number of thioether (sulfide) groups is 1. The van der Waals surface area contributed by atoms with Crippen LogP contribution in [-0.4, -0.2) is 39.4 Å². The number of aromatic nitrogens is 4. The molecule has 4 rings (SSSR count). The zero-order chi connectivity index (χ0) is 16.4. The molecule has 0 amide bonds. The zero-order valence-electron chi connectivity index (χ0n) is 13.4. The molecule has 0 unspecified atom stereocenters. The molecule has 126 valence electrons. The number of hydrogen-bond acceptors (Lipinski definition) is 7. The maximum absolute atomic E-state index is 5.60. The highest BCUT2D eigenvalue weighted by molar-refractivity contribution is 8.00. The minimum Gasteiger partial charge on any atom is -0.376 e. The number of aryl methyl sites for hydroxylation is 1. The topological polar surface area (TPSA) is 75.7 Å². The number of ether oxygens (including phenoxy) is 1. The monoisotopic (exact) mass is 361 g/mol. The van der Waals surface area contributed by atoms with E-state index in [1.165, 1.54) is 5.56 Å². The van der Waals surface area contributed by atoms with Crippen LogP contribution in [0.2, 0.25) is 0 Å². The van der Waals surface area contributed by atoms with E-state index in [4.69, 9.17) is 4.74 Å². The summed E-state index contributed by atoms with van der Waals surface area (Å²) in [6.07, 6.45) is 2.60. The van der Waals surface area contributed by atoms with Crippen molar-refractivity contribution in [3.63, 3.8) is 0 Å². The summed E-state index contributed by atoms with van der Waals surface area (Å²) in [5.41, 5.74) is 3.35. The van der Waals surface area contributed by atoms with E-state index >= 15 is 0 Å². The van der Waals surface area contributed by atoms with Gasteiger partial charge in [0, 0.05) is 18.9 Å². The maximum Gasteiger partial charge on any atom is 0.206 e. The second-order valence-electron chi connectivity index (χ2n) is 5.85. The Morgan fingerprint density at radius 3 is 3.25 bits per heavy atom. The fraction of sp³-hybridized carbons (Fsp3) is 0.438. The molecule has 1 aliphatic heterocycles. The first-order valence-corrected chi connectivity index (χ1v) is 9.83. The third-order valence-corrected chi connectivity index (χ3v) is 6.02. The highest BCUT2D eigenvalue weighted by Gasteiger charge is 2.15. The molecular weight excluding hydrogens is 342 g/mol. The normalized spacial score (nSPS) is 17.6. The fourth-order valence-electron chi connectivity index (χ4n) is 2.77. The minimum absolute atomic E-state index is 0.314. The number of aromatic amines is 1. The average molecular weight is 361 g/mol. The largest absolute Gasteiger partial charge is 0.376 e. The number of imidazole rings is 1. The van der Waals surface area contributed by atoms with Gasteiger partial charge in [-0.15, -0.1) is 10.2 Å². The Hall–Kier alpha value is -1.64. The molecule has 0 radical (unpaired) electrons. The Balaban J connectivity index is 1.33. The lowest BCUT2D eigenvalue weighted by atomic mass is 10.2. The van der Waals surface area contributed by atoms with E-state index in [9.17, 15) is 0 Å². The molecule has 1 aromatic carbocycles. The molecule has 1 saturated heterocycles. The first-order chi connectivity index (χ1) is 11.8. The number of rotatable bonds is 6. The summed E-state index contributed by atoms with van der Waals surface area (Å²) in [4.78, 5) is 7.70. The molecule has 3 heterocycles. The Kier molecular flexibility index (Phi) is 4.68. The van der Waals surface area contributed by atoms with Gasteiger partial charge in [0.1, 0.15) is 5.82 Å². The molecule has 2 aromatic heterocycles. The molecule has 1 aliphatic rings. The van der Waals surface area contributed by atoms with Crippen molar-refractivity contribution in [2.45, 2.75) is 36.0 Å². The number of anilines is 1. The van der Waals surface area contributed by atoms with Gasteiger partial charge in [0.15, 0.2) is 4.34 Å². The van der Waals surface area contributed by atoms with Crippen LogP contribution in [0, 0.1) is 6.92 Å². The molecule has 1 atom stereocenters. The van der Waals surface area contributed by atoms with Crippen molar-refractivity contribution in [1.29, 1.82) is 0 Å². The molecule has 0 bridgehead atoms. The van der Waals surface area contributed by atoms with Crippen molar-refractivity contribution in [3.05, 3.63) is 29.6 Å². The highest BCUT2D eigenvalue weighted by Crippen LogP contribution is 2.29. The Labute approximate surface area is 148 Å². The molecule has 2 N–H and O–H groups in total. The number of fused-ring (bicyclic) bond motifs is 1. The van der Waals surface area contributed by atoms with Gasteiger partial charge in [0.25, 0.3) is 0 Å². The second-order valence-corrected chi connectivity index (χ2v) is 8.05. The Morgan fingerprint density at radius 2 is 2.38 bits per heavy atom. The van der Waals surface area contributed by atoms with Gasteiger partial charge in [-0.3, -0.25) is 0 Å². The predicted molar refractivity (Wildman–Crippen MR) is 97.8 cm³/mol. The second kappa shape index (κ2) is 7.08. The molecular formula is C16H19N5OS2. The summed E-state index contributed by atoms with van der Waals surface area (Å²) in [5.74, 6) is 1.81. The van der Waals surface area contributed by atoms with Crippen molar-refractivity contribution >= 4 is 39.3 Å². The standard InChI is InChI=1S/C16H19N5OS2/c1-10-18-13-5-4-11(7-14(13)19-10)9-23-16-21-20-15(24-16)17-8-12-3-2-6-22-12/h4-5,7,12H,2-3,6,8-9H2,1H3,(H,17,20)(H,18,19)/t12-/m1/s1. The lowest BCUT2D eigenvalue weighted by Crippen LogP contribution is -2.18. The third-order valence-electron chi connectivity index (χ3n) is 3.94. The van der Waals surface area contributed by atoms with E-state index in [0.29, 0.717) is 6.10 Å². The van der Waals surface area contributed by atoms with Crippen LogP contribution >= 0.6 is 23.1 Å².